The average Bonchev–Trinajstić information content (AvgIpc) is 3.44. The number of rotatable bonds is 14. The lowest BCUT2D eigenvalue weighted by molar-refractivity contribution is -0.133. The molecule has 0 bridgehead atoms. The summed E-state index contributed by atoms with van der Waals surface area (Å²) in [6.45, 7) is 11.5. The van der Waals surface area contributed by atoms with Gasteiger partial charge in [-0.1, -0.05) is 83.1 Å². The first-order valence-electron chi connectivity index (χ1n) is 14.9. The smallest absolute Gasteiger partial charge is 0.243 e. The maximum atomic E-state index is 13.8. The van der Waals surface area contributed by atoms with Crippen molar-refractivity contribution in [2.24, 2.45) is 11.3 Å². The van der Waals surface area contributed by atoms with Crippen LogP contribution in [0, 0.1) is 11.3 Å². The molecule has 3 rings (SSSR count). The summed E-state index contributed by atoms with van der Waals surface area (Å²) in [7, 11) is -3.89. The summed E-state index contributed by atoms with van der Waals surface area (Å²) in [6.07, 6.45) is 1.19. The van der Waals surface area contributed by atoms with Crippen molar-refractivity contribution < 1.29 is 23.1 Å². The van der Waals surface area contributed by atoms with Gasteiger partial charge in [-0.05, 0) is 61.4 Å². The zero-order chi connectivity index (χ0) is 30.9. The highest BCUT2D eigenvalue weighted by Crippen LogP contribution is 2.22. The summed E-state index contributed by atoms with van der Waals surface area (Å²) >= 11 is 0. The van der Waals surface area contributed by atoms with E-state index in [1.54, 1.807) is 18.2 Å². The fourth-order valence-corrected chi connectivity index (χ4v) is 6.84. The van der Waals surface area contributed by atoms with Crippen molar-refractivity contribution in [3.63, 3.8) is 0 Å². The first-order valence-corrected chi connectivity index (χ1v) is 16.3. The fraction of sp³-hybridized carbons (Fsp3) is 0.562. The Morgan fingerprint density at radius 3 is 2.05 bits per heavy atom. The number of hydrogen-bond donors (Lipinski definition) is 3. The van der Waals surface area contributed by atoms with E-state index >= 15 is 0 Å². The van der Waals surface area contributed by atoms with Gasteiger partial charge in [-0.3, -0.25) is 14.5 Å². The predicted molar refractivity (Wildman–Crippen MR) is 165 cm³/mol. The third-order valence-corrected chi connectivity index (χ3v) is 9.28. The largest absolute Gasteiger partial charge is 0.390 e. The van der Waals surface area contributed by atoms with Crippen LogP contribution in [0.3, 0.4) is 0 Å². The summed E-state index contributed by atoms with van der Waals surface area (Å²) in [5.41, 5.74) is 0.279. The molecule has 1 saturated heterocycles. The van der Waals surface area contributed by atoms with E-state index in [-0.39, 0.29) is 42.8 Å². The monoisotopic (exact) mass is 600 g/mol. The van der Waals surface area contributed by atoms with E-state index in [4.69, 9.17) is 0 Å². The van der Waals surface area contributed by atoms with Gasteiger partial charge in [-0.15, -0.1) is 0 Å². The second-order valence-corrected chi connectivity index (χ2v) is 14.7. The quantitative estimate of drug-likeness (QED) is 0.307. The van der Waals surface area contributed by atoms with Crippen molar-refractivity contribution in [3.05, 3.63) is 66.2 Å². The van der Waals surface area contributed by atoms with Gasteiger partial charge in [-0.2, -0.15) is 4.31 Å². The molecule has 3 atom stereocenters. The second-order valence-electron chi connectivity index (χ2n) is 12.8. The molecular formula is C32H48N4O5S. The fourth-order valence-electron chi connectivity index (χ4n) is 5.20. The van der Waals surface area contributed by atoms with Gasteiger partial charge < -0.3 is 15.7 Å². The predicted octanol–water partition coefficient (Wildman–Crippen LogP) is 3.05. The van der Waals surface area contributed by atoms with Gasteiger partial charge in [0.25, 0.3) is 0 Å². The molecule has 42 heavy (non-hydrogen) atoms. The Balaban J connectivity index is 1.84. The second kappa shape index (κ2) is 15.1. The van der Waals surface area contributed by atoms with Gasteiger partial charge in [0.2, 0.25) is 21.8 Å². The molecule has 2 aromatic carbocycles. The highest BCUT2D eigenvalue weighted by atomic mass is 32.2. The van der Waals surface area contributed by atoms with Crippen LogP contribution in [0.4, 0.5) is 0 Å². The average molecular weight is 601 g/mol. The first kappa shape index (κ1) is 33.7. The molecule has 1 heterocycles. The minimum absolute atomic E-state index is 0.00828. The molecule has 2 aromatic rings. The summed E-state index contributed by atoms with van der Waals surface area (Å²) < 4.78 is 28.5. The Hall–Kier alpha value is -2.79. The lowest BCUT2D eigenvalue weighted by Crippen LogP contribution is -2.59. The number of carbonyl (C=O) groups is 2. The maximum Gasteiger partial charge on any atom is 0.243 e. The van der Waals surface area contributed by atoms with Crippen molar-refractivity contribution >= 4 is 21.8 Å². The Bertz CT molecular complexity index is 1240. The van der Waals surface area contributed by atoms with Gasteiger partial charge in [0.1, 0.15) is 6.04 Å². The molecule has 9 nitrogen and oxygen atoms in total. The molecule has 3 N–H and O–H groups in total. The highest BCUT2D eigenvalue weighted by molar-refractivity contribution is 7.89. The van der Waals surface area contributed by atoms with Crippen LogP contribution in [-0.2, 0) is 26.0 Å². The van der Waals surface area contributed by atoms with Crippen LogP contribution < -0.4 is 10.6 Å². The van der Waals surface area contributed by atoms with E-state index in [1.165, 1.54) is 16.4 Å². The van der Waals surface area contributed by atoms with Gasteiger partial charge in [0, 0.05) is 13.1 Å². The van der Waals surface area contributed by atoms with E-state index in [0.717, 1.165) is 31.5 Å². The number of amides is 2. The minimum Gasteiger partial charge on any atom is -0.390 e. The Kier molecular flexibility index (Phi) is 12.1. The Morgan fingerprint density at radius 1 is 0.929 bits per heavy atom. The third kappa shape index (κ3) is 9.90. The molecule has 3 unspecified atom stereocenters. The van der Waals surface area contributed by atoms with Gasteiger partial charge >= 0.3 is 0 Å². The molecule has 0 aliphatic carbocycles. The van der Waals surface area contributed by atoms with Crippen molar-refractivity contribution in [1.29, 1.82) is 0 Å². The summed E-state index contributed by atoms with van der Waals surface area (Å²) in [5, 5.41) is 17.5. The lowest BCUT2D eigenvalue weighted by Gasteiger charge is -2.35. The van der Waals surface area contributed by atoms with Crippen LogP contribution in [-0.4, -0.2) is 85.5 Å². The molecule has 0 spiro atoms. The third-order valence-electron chi connectivity index (χ3n) is 7.43. The molecule has 1 aliphatic heterocycles. The zero-order valence-corrected chi connectivity index (χ0v) is 26.4. The van der Waals surface area contributed by atoms with Crippen LogP contribution in [0.1, 0.15) is 53.0 Å². The number of nitrogens with one attached hydrogen (secondary N) is 2. The Morgan fingerprint density at radius 2 is 1.50 bits per heavy atom. The number of sulfonamides is 1. The molecule has 1 aliphatic rings. The maximum absolute atomic E-state index is 13.8. The standard InChI is InChI=1S/C32H48N4O5S/c1-24(2)21-36(42(40,41)26-16-10-7-11-17-26)22-28(37)27(20-25-14-8-6-9-15-25)33-31(39)30(32(3,4)5)34-29(38)23-35-18-12-13-19-35/h6-11,14-17,24,27-28,30,37H,12-13,18-23H2,1-5H3,(H,33,39)(H,34,38). The van der Waals surface area contributed by atoms with E-state index < -0.39 is 39.5 Å². The van der Waals surface area contributed by atoms with E-state index in [9.17, 15) is 23.1 Å². The summed E-state index contributed by atoms with van der Waals surface area (Å²) in [6, 6.07) is 15.9. The summed E-state index contributed by atoms with van der Waals surface area (Å²) in [5.74, 6) is -0.628. The van der Waals surface area contributed by atoms with Crippen molar-refractivity contribution in [3.8, 4) is 0 Å². The molecule has 232 valence electrons. The van der Waals surface area contributed by atoms with Crippen molar-refractivity contribution in [2.75, 3.05) is 32.7 Å². The molecule has 10 heteroatoms. The number of nitrogens with zero attached hydrogens (tertiary/aromatic N) is 2. The molecule has 2 amide bonds. The van der Waals surface area contributed by atoms with Crippen LogP contribution in [0.15, 0.2) is 65.6 Å². The van der Waals surface area contributed by atoms with Crippen LogP contribution in [0.2, 0.25) is 0 Å². The van der Waals surface area contributed by atoms with Gasteiger partial charge in [0.05, 0.1) is 23.6 Å². The van der Waals surface area contributed by atoms with Crippen molar-refractivity contribution in [2.45, 2.75) is 77.0 Å². The molecule has 0 aromatic heterocycles. The topological polar surface area (TPSA) is 119 Å². The molecule has 0 saturated carbocycles. The van der Waals surface area contributed by atoms with E-state index in [0.29, 0.717) is 0 Å². The summed E-state index contributed by atoms with van der Waals surface area (Å²) in [4.78, 5) is 28.9. The normalized spacial score (nSPS) is 16.8. The van der Waals surface area contributed by atoms with Gasteiger partial charge in [-0.25, -0.2) is 8.42 Å². The number of hydrogen-bond acceptors (Lipinski definition) is 6. The SMILES string of the molecule is CC(C)CN(CC(O)C(Cc1ccccc1)NC(=O)C(NC(=O)CN1CCCC1)C(C)(C)C)S(=O)(=O)c1ccccc1. The molecule has 1 fully saturated rings. The minimum atomic E-state index is -3.89. The van der Waals surface area contributed by atoms with E-state index in [1.807, 2.05) is 65.0 Å². The number of benzene rings is 2. The van der Waals surface area contributed by atoms with E-state index in [2.05, 4.69) is 15.5 Å². The molecule has 0 radical (unpaired) electrons. The van der Waals surface area contributed by atoms with Crippen LogP contribution >= 0.6 is 0 Å². The van der Waals surface area contributed by atoms with Gasteiger partial charge in [0.15, 0.2) is 0 Å². The first-order chi connectivity index (χ1) is 19.8. The number of aliphatic hydroxyl groups excluding tert-OH is 1. The number of aliphatic hydroxyl groups is 1. The van der Waals surface area contributed by atoms with Crippen LogP contribution in [0.25, 0.3) is 0 Å². The Labute approximate surface area is 251 Å². The lowest BCUT2D eigenvalue weighted by atomic mass is 9.85. The van der Waals surface area contributed by atoms with Crippen molar-refractivity contribution in [1.82, 2.24) is 19.8 Å². The molecular weight excluding hydrogens is 552 g/mol. The highest BCUT2D eigenvalue weighted by Gasteiger charge is 2.37. The zero-order valence-electron chi connectivity index (χ0n) is 25.6. The van der Waals surface area contributed by atoms with Crippen LogP contribution in [0.5, 0.6) is 0 Å². The number of carbonyl (C=O) groups excluding carboxylic acids is 2. The number of likely N-dealkylation sites (tertiary alicyclic amines) is 1.